The summed E-state index contributed by atoms with van der Waals surface area (Å²) in [6.07, 6.45) is 1.59. The Labute approximate surface area is 131 Å². The Bertz CT molecular complexity index is 804. The Morgan fingerprint density at radius 3 is 2.82 bits per heavy atom. The number of morpholine rings is 1. The summed E-state index contributed by atoms with van der Waals surface area (Å²) in [5.74, 6) is 0. The molecule has 6 heteroatoms. The van der Waals surface area contributed by atoms with Gasteiger partial charge in [-0.15, -0.1) is 0 Å². The van der Waals surface area contributed by atoms with Crippen LogP contribution in [0, 0.1) is 6.92 Å². The molecule has 1 aliphatic heterocycles. The summed E-state index contributed by atoms with van der Waals surface area (Å²) in [4.78, 5) is 4.65. The van der Waals surface area contributed by atoms with Crippen LogP contribution in [-0.2, 0) is 14.8 Å². The molecule has 3 rings (SSSR count). The molecule has 2 aromatic rings. The van der Waals surface area contributed by atoms with Crippen LogP contribution in [0.2, 0.25) is 0 Å². The van der Waals surface area contributed by atoms with Gasteiger partial charge < -0.3 is 4.74 Å². The summed E-state index contributed by atoms with van der Waals surface area (Å²) in [5, 5.41) is 0.675. The molecule has 2 atom stereocenters. The van der Waals surface area contributed by atoms with Crippen LogP contribution in [0.3, 0.4) is 0 Å². The van der Waals surface area contributed by atoms with Gasteiger partial charge in [0.05, 0.1) is 23.1 Å². The first-order chi connectivity index (χ1) is 10.4. The van der Waals surface area contributed by atoms with Crippen LogP contribution >= 0.6 is 0 Å². The van der Waals surface area contributed by atoms with Crippen molar-refractivity contribution in [3.63, 3.8) is 0 Å². The maximum absolute atomic E-state index is 13.1. The van der Waals surface area contributed by atoms with E-state index in [1.165, 1.54) is 4.31 Å². The fraction of sp³-hybridized carbons (Fsp3) is 0.438. The Morgan fingerprint density at radius 2 is 2.05 bits per heavy atom. The van der Waals surface area contributed by atoms with Gasteiger partial charge in [-0.3, -0.25) is 4.98 Å². The number of aryl methyl sites for hydroxylation is 1. The van der Waals surface area contributed by atoms with Gasteiger partial charge in [-0.1, -0.05) is 6.07 Å². The third-order valence-electron chi connectivity index (χ3n) is 4.07. The number of rotatable bonds is 2. The maximum atomic E-state index is 13.1. The molecule has 118 valence electrons. The van der Waals surface area contributed by atoms with Gasteiger partial charge in [-0.05, 0) is 44.5 Å². The van der Waals surface area contributed by atoms with Gasteiger partial charge >= 0.3 is 0 Å². The minimum absolute atomic E-state index is 0.0965. The minimum atomic E-state index is -3.57. The maximum Gasteiger partial charge on any atom is 0.244 e. The summed E-state index contributed by atoms with van der Waals surface area (Å²) in [7, 11) is -3.57. The molecule has 0 aliphatic carbocycles. The number of hydrogen-bond donors (Lipinski definition) is 0. The predicted octanol–water partition coefficient (Wildman–Crippen LogP) is 2.34. The third kappa shape index (κ3) is 2.51. The van der Waals surface area contributed by atoms with Gasteiger partial charge in [-0.2, -0.15) is 4.31 Å². The van der Waals surface area contributed by atoms with Crippen molar-refractivity contribution in [2.45, 2.75) is 37.8 Å². The quantitative estimate of drug-likeness (QED) is 0.852. The second kappa shape index (κ2) is 5.61. The Kier molecular flexibility index (Phi) is 3.92. The van der Waals surface area contributed by atoms with Crippen molar-refractivity contribution in [2.24, 2.45) is 0 Å². The van der Waals surface area contributed by atoms with E-state index in [9.17, 15) is 8.42 Å². The highest BCUT2D eigenvalue weighted by Gasteiger charge is 2.35. The normalized spacial score (nSPS) is 23.8. The predicted molar refractivity (Wildman–Crippen MR) is 85.2 cm³/mol. The SMILES string of the molecule is Cc1ccc(S(=O)(=O)N2C[C@@H](C)OC[C@@H]2C)c2cccnc12. The molecule has 0 radical (unpaired) electrons. The monoisotopic (exact) mass is 320 g/mol. The van der Waals surface area contributed by atoms with Crippen molar-refractivity contribution in [1.29, 1.82) is 0 Å². The molecule has 1 aromatic heterocycles. The Balaban J connectivity index is 2.15. The number of benzene rings is 1. The number of fused-ring (bicyclic) bond motifs is 1. The van der Waals surface area contributed by atoms with Crippen LogP contribution in [0.25, 0.3) is 10.9 Å². The standard InChI is InChI=1S/C16H20N2O3S/c1-11-6-7-15(14-5-4-8-17-16(11)14)22(19,20)18-9-13(3)21-10-12(18)2/h4-8,12-13H,9-10H2,1-3H3/t12-,13+/m0/s1. The minimum Gasteiger partial charge on any atom is -0.375 e. The molecule has 2 heterocycles. The first kappa shape index (κ1) is 15.4. The summed E-state index contributed by atoms with van der Waals surface area (Å²) in [6, 6.07) is 6.91. The molecule has 1 saturated heterocycles. The van der Waals surface area contributed by atoms with Gasteiger partial charge in [0.1, 0.15) is 0 Å². The molecular weight excluding hydrogens is 300 g/mol. The van der Waals surface area contributed by atoms with Gasteiger partial charge in [0, 0.05) is 24.2 Å². The molecular formula is C16H20N2O3S. The first-order valence-electron chi connectivity index (χ1n) is 7.39. The first-order valence-corrected chi connectivity index (χ1v) is 8.83. The fourth-order valence-corrected chi connectivity index (χ4v) is 4.72. The molecule has 0 saturated carbocycles. The smallest absolute Gasteiger partial charge is 0.244 e. The molecule has 0 bridgehead atoms. The van der Waals surface area contributed by atoms with Crippen molar-refractivity contribution < 1.29 is 13.2 Å². The Morgan fingerprint density at radius 1 is 1.27 bits per heavy atom. The number of pyridine rings is 1. The summed E-state index contributed by atoms with van der Waals surface area (Å²) < 4.78 is 33.3. The molecule has 1 fully saturated rings. The van der Waals surface area contributed by atoms with Crippen LogP contribution < -0.4 is 0 Å². The summed E-state index contributed by atoms with van der Waals surface area (Å²) in [5.41, 5.74) is 1.70. The second-order valence-corrected chi connectivity index (χ2v) is 7.71. The number of ether oxygens (including phenoxy) is 1. The average molecular weight is 320 g/mol. The molecule has 5 nitrogen and oxygen atoms in total. The summed E-state index contributed by atoms with van der Waals surface area (Å²) >= 11 is 0. The van der Waals surface area contributed by atoms with E-state index in [1.807, 2.05) is 32.9 Å². The van der Waals surface area contributed by atoms with E-state index in [1.54, 1.807) is 18.3 Å². The zero-order chi connectivity index (χ0) is 15.9. The van der Waals surface area contributed by atoms with E-state index in [2.05, 4.69) is 4.98 Å². The molecule has 0 N–H and O–H groups in total. The zero-order valence-electron chi connectivity index (χ0n) is 13.0. The lowest BCUT2D eigenvalue weighted by atomic mass is 10.1. The largest absolute Gasteiger partial charge is 0.375 e. The molecule has 1 aliphatic rings. The van der Waals surface area contributed by atoms with Crippen LogP contribution in [0.4, 0.5) is 0 Å². The van der Waals surface area contributed by atoms with E-state index in [0.29, 0.717) is 23.4 Å². The number of hydrogen-bond acceptors (Lipinski definition) is 4. The van der Waals surface area contributed by atoms with Crippen LogP contribution in [0.15, 0.2) is 35.4 Å². The van der Waals surface area contributed by atoms with Crippen molar-refractivity contribution in [1.82, 2.24) is 9.29 Å². The van der Waals surface area contributed by atoms with Crippen LogP contribution in [0.5, 0.6) is 0 Å². The molecule has 1 aromatic carbocycles. The Hall–Kier alpha value is -1.50. The van der Waals surface area contributed by atoms with E-state index in [-0.39, 0.29) is 12.1 Å². The van der Waals surface area contributed by atoms with E-state index < -0.39 is 10.0 Å². The fourth-order valence-electron chi connectivity index (χ4n) is 2.85. The average Bonchev–Trinajstić information content (AvgIpc) is 2.50. The van der Waals surface area contributed by atoms with E-state index in [0.717, 1.165) is 11.1 Å². The van der Waals surface area contributed by atoms with Crippen molar-refractivity contribution in [3.8, 4) is 0 Å². The van der Waals surface area contributed by atoms with Crippen LogP contribution in [-0.4, -0.2) is 43.0 Å². The number of nitrogens with zero attached hydrogens (tertiary/aromatic N) is 2. The molecule has 0 unspecified atom stereocenters. The van der Waals surface area contributed by atoms with Gasteiger partial charge in [0.2, 0.25) is 10.0 Å². The topological polar surface area (TPSA) is 59.5 Å². The second-order valence-electron chi connectivity index (χ2n) is 5.85. The highest BCUT2D eigenvalue weighted by Crippen LogP contribution is 2.29. The van der Waals surface area contributed by atoms with E-state index in [4.69, 9.17) is 4.74 Å². The third-order valence-corrected chi connectivity index (χ3v) is 6.11. The molecule has 0 amide bonds. The lowest BCUT2D eigenvalue weighted by molar-refractivity contribution is -0.0170. The van der Waals surface area contributed by atoms with Crippen molar-refractivity contribution >= 4 is 20.9 Å². The molecule has 22 heavy (non-hydrogen) atoms. The van der Waals surface area contributed by atoms with Crippen molar-refractivity contribution in [2.75, 3.05) is 13.2 Å². The lowest BCUT2D eigenvalue weighted by Gasteiger charge is -2.35. The van der Waals surface area contributed by atoms with Crippen LogP contribution in [0.1, 0.15) is 19.4 Å². The number of sulfonamides is 1. The van der Waals surface area contributed by atoms with Gasteiger partial charge in [0.25, 0.3) is 0 Å². The van der Waals surface area contributed by atoms with E-state index >= 15 is 0 Å². The summed E-state index contributed by atoms with van der Waals surface area (Å²) in [6.45, 7) is 6.49. The lowest BCUT2D eigenvalue weighted by Crippen LogP contribution is -2.50. The molecule has 0 spiro atoms. The van der Waals surface area contributed by atoms with Gasteiger partial charge in [0.15, 0.2) is 0 Å². The van der Waals surface area contributed by atoms with Gasteiger partial charge in [-0.25, -0.2) is 8.42 Å². The highest BCUT2D eigenvalue weighted by atomic mass is 32.2. The number of aromatic nitrogens is 1. The van der Waals surface area contributed by atoms with Crippen molar-refractivity contribution in [3.05, 3.63) is 36.0 Å². The highest BCUT2D eigenvalue weighted by molar-refractivity contribution is 7.89. The zero-order valence-corrected chi connectivity index (χ0v) is 13.8.